The lowest BCUT2D eigenvalue weighted by Gasteiger charge is -2.12. The van der Waals surface area contributed by atoms with E-state index >= 15 is 0 Å². The van der Waals surface area contributed by atoms with Crippen LogP contribution in [0.3, 0.4) is 0 Å². The zero-order valence-electron chi connectivity index (χ0n) is 15.8. The summed E-state index contributed by atoms with van der Waals surface area (Å²) in [5, 5.41) is 17.3. The molecule has 4 rings (SSSR count). The fourth-order valence-corrected chi connectivity index (χ4v) is 3.55. The van der Waals surface area contributed by atoms with Gasteiger partial charge in [-0.25, -0.2) is 4.99 Å². The number of hydrogen-bond donors (Lipinski definition) is 2. The van der Waals surface area contributed by atoms with Crippen LogP contribution in [0.4, 0.5) is 0 Å². The van der Waals surface area contributed by atoms with Crippen LogP contribution in [0.25, 0.3) is 5.65 Å². The molecule has 0 radical (unpaired) electrons. The van der Waals surface area contributed by atoms with Crippen LogP contribution in [-0.2, 0) is 19.4 Å². The maximum Gasteiger partial charge on any atom is 0.191 e. The molecule has 0 fully saturated rings. The van der Waals surface area contributed by atoms with E-state index in [0.717, 1.165) is 49.1 Å². The molecule has 7 nitrogen and oxygen atoms in total. The molecule has 0 spiro atoms. The van der Waals surface area contributed by atoms with E-state index < -0.39 is 0 Å². The number of nitrogens with zero attached hydrogens (tertiary/aromatic N) is 4. The zero-order chi connectivity index (χ0) is 19.0. The molecule has 0 aliphatic heterocycles. The first-order chi connectivity index (χ1) is 13.9. The van der Waals surface area contributed by atoms with Gasteiger partial charge >= 0.3 is 0 Å². The van der Waals surface area contributed by atoms with Crippen LogP contribution in [0, 0.1) is 0 Å². The second-order valence-electron chi connectivity index (χ2n) is 6.22. The number of hydrogen-bond acceptors (Lipinski definition) is 5. The summed E-state index contributed by atoms with van der Waals surface area (Å²) in [6, 6.07) is 14.0. The first-order valence-electron chi connectivity index (χ1n) is 9.24. The first-order valence-corrected chi connectivity index (χ1v) is 10.1. The quantitative estimate of drug-likeness (QED) is 0.210. The molecule has 4 aromatic heterocycles. The molecule has 0 aromatic carbocycles. The molecule has 2 N–H and O–H groups in total. The molecule has 9 heteroatoms. The smallest absolute Gasteiger partial charge is 0.191 e. The molecule has 0 saturated carbocycles. The molecule has 152 valence electrons. The normalized spacial score (nSPS) is 11.4. The molecule has 0 unspecified atom stereocenters. The van der Waals surface area contributed by atoms with Crippen LogP contribution in [0.15, 0.2) is 69.7 Å². The van der Waals surface area contributed by atoms with E-state index in [9.17, 15) is 0 Å². The molecule has 0 saturated heterocycles. The summed E-state index contributed by atoms with van der Waals surface area (Å²) < 4.78 is 7.35. The number of aromatic nitrogens is 3. The summed E-state index contributed by atoms with van der Waals surface area (Å²) in [4.78, 5) is 6.05. The lowest BCUT2D eigenvalue weighted by atomic mass is 10.3. The molecule has 0 aliphatic rings. The van der Waals surface area contributed by atoms with Gasteiger partial charge in [0.05, 0.1) is 6.26 Å². The van der Waals surface area contributed by atoms with Crippen LogP contribution in [-0.4, -0.2) is 33.6 Å². The summed E-state index contributed by atoms with van der Waals surface area (Å²) in [6.07, 6.45) is 5.41. The van der Waals surface area contributed by atoms with Gasteiger partial charge in [0, 0.05) is 30.6 Å². The molecule has 4 heterocycles. The van der Waals surface area contributed by atoms with Crippen LogP contribution in [0.1, 0.15) is 16.5 Å². The lowest BCUT2D eigenvalue weighted by Crippen LogP contribution is -2.39. The van der Waals surface area contributed by atoms with Crippen LogP contribution in [0.2, 0.25) is 0 Å². The number of pyridine rings is 1. The van der Waals surface area contributed by atoms with Crippen molar-refractivity contribution < 1.29 is 4.42 Å². The number of rotatable bonds is 8. The largest absolute Gasteiger partial charge is 0.469 e. The molecular weight excluding hydrogens is 499 g/mol. The van der Waals surface area contributed by atoms with Crippen molar-refractivity contribution in [3.63, 3.8) is 0 Å². The number of halogens is 1. The van der Waals surface area contributed by atoms with E-state index in [2.05, 4.69) is 38.3 Å². The average Bonchev–Trinajstić information content (AvgIpc) is 3.48. The highest BCUT2D eigenvalue weighted by Gasteiger charge is 2.06. The van der Waals surface area contributed by atoms with Crippen LogP contribution >= 0.6 is 35.3 Å². The van der Waals surface area contributed by atoms with Crippen molar-refractivity contribution in [2.75, 3.05) is 13.1 Å². The maximum atomic E-state index is 5.39. The number of aliphatic imine (C=N–C) groups is 1. The fourth-order valence-electron chi connectivity index (χ4n) is 2.84. The van der Waals surface area contributed by atoms with Gasteiger partial charge in [-0.15, -0.1) is 45.5 Å². The molecule has 29 heavy (non-hydrogen) atoms. The highest BCUT2D eigenvalue weighted by atomic mass is 127. The Balaban J connectivity index is 0.00000240. The lowest BCUT2D eigenvalue weighted by molar-refractivity contribution is 0.506. The Hall–Kier alpha value is -2.40. The standard InChI is InChI=1S/C20H22N6OS.HI/c1-2-12-26-18(7-1)24-25-19(26)15-23-20(21-10-8-16-5-3-13-27-16)22-11-9-17-6-4-14-28-17;/h1-7,12-14H,8-11,15H2,(H2,21,22,23);1H. The number of guanidine groups is 1. The minimum absolute atomic E-state index is 0. The molecule has 0 amide bonds. The summed E-state index contributed by atoms with van der Waals surface area (Å²) in [5.74, 6) is 2.52. The zero-order valence-corrected chi connectivity index (χ0v) is 19.0. The van der Waals surface area contributed by atoms with Crippen molar-refractivity contribution in [1.82, 2.24) is 25.2 Å². The highest BCUT2D eigenvalue weighted by molar-refractivity contribution is 14.0. The van der Waals surface area contributed by atoms with Gasteiger partial charge in [-0.3, -0.25) is 4.40 Å². The first kappa shape index (κ1) is 21.3. The summed E-state index contributed by atoms with van der Waals surface area (Å²) in [5.41, 5.74) is 0.825. The van der Waals surface area contributed by atoms with E-state index in [4.69, 9.17) is 9.41 Å². The van der Waals surface area contributed by atoms with Crippen molar-refractivity contribution in [2.45, 2.75) is 19.4 Å². The van der Waals surface area contributed by atoms with Gasteiger partial charge in [0.15, 0.2) is 17.4 Å². The summed E-state index contributed by atoms with van der Waals surface area (Å²) in [7, 11) is 0. The Morgan fingerprint density at radius 1 is 1.03 bits per heavy atom. The highest BCUT2D eigenvalue weighted by Crippen LogP contribution is 2.08. The van der Waals surface area contributed by atoms with Gasteiger partial charge in [0.25, 0.3) is 0 Å². The summed E-state index contributed by atoms with van der Waals surface area (Å²) in [6.45, 7) is 1.99. The Kier molecular flexibility index (Phi) is 8.05. The van der Waals surface area contributed by atoms with Gasteiger partial charge in [-0.05, 0) is 42.1 Å². The SMILES string of the molecule is I.c1coc(CCNC(=NCc2nnc3ccccn23)NCCc2cccs2)c1. The number of nitrogens with one attached hydrogen (secondary N) is 2. The predicted molar refractivity (Wildman–Crippen MR) is 126 cm³/mol. The van der Waals surface area contributed by atoms with Crippen molar-refractivity contribution >= 4 is 46.9 Å². The number of fused-ring (bicyclic) bond motifs is 1. The molecule has 0 atom stereocenters. The Bertz CT molecular complexity index is 971. The van der Waals surface area contributed by atoms with E-state index in [1.54, 1.807) is 17.6 Å². The maximum absolute atomic E-state index is 5.39. The third kappa shape index (κ3) is 6.04. The third-order valence-electron chi connectivity index (χ3n) is 4.25. The second-order valence-corrected chi connectivity index (χ2v) is 7.25. The van der Waals surface area contributed by atoms with E-state index in [1.807, 2.05) is 40.9 Å². The summed E-state index contributed by atoms with van der Waals surface area (Å²) >= 11 is 1.77. The minimum Gasteiger partial charge on any atom is -0.469 e. The minimum atomic E-state index is 0. The third-order valence-corrected chi connectivity index (χ3v) is 5.19. The molecule has 0 bridgehead atoms. The Morgan fingerprint density at radius 2 is 1.93 bits per heavy atom. The predicted octanol–water partition coefficient (Wildman–Crippen LogP) is 3.52. The van der Waals surface area contributed by atoms with E-state index in [1.165, 1.54) is 4.88 Å². The van der Waals surface area contributed by atoms with Crippen molar-refractivity contribution in [3.05, 3.63) is 76.8 Å². The molecule has 4 aromatic rings. The van der Waals surface area contributed by atoms with E-state index in [-0.39, 0.29) is 24.0 Å². The van der Waals surface area contributed by atoms with Gasteiger partial charge in [0.2, 0.25) is 0 Å². The molecular formula is C20H23IN6OS. The van der Waals surface area contributed by atoms with Gasteiger partial charge < -0.3 is 15.1 Å². The van der Waals surface area contributed by atoms with Crippen LogP contribution in [0.5, 0.6) is 0 Å². The van der Waals surface area contributed by atoms with Crippen molar-refractivity contribution in [2.24, 2.45) is 4.99 Å². The monoisotopic (exact) mass is 522 g/mol. The van der Waals surface area contributed by atoms with Gasteiger partial charge in [0.1, 0.15) is 12.3 Å². The Labute approximate surface area is 190 Å². The Morgan fingerprint density at radius 3 is 2.72 bits per heavy atom. The van der Waals surface area contributed by atoms with Gasteiger partial charge in [-0.2, -0.15) is 0 Å². The van der Waals surface area contributed by atoms with Crippen molar-refractivity contribution in [1.29, 1.82) is 0 Å². The van der Waals surface area contributed by atoms with Crippen molar-refractivity contribution in [3.8, 4) is 0 Å². The second kappa shape index (κ2) is 11.0. The topological polar surface area (TPSA) is 79.8 Å². The van der Waals surface area contributed by atoms with Crippen LogP contribution < -0.4 is 10.6 Å². The number of thiophene rings is 1. The van der Waals surface area contributed by atoms with E-state index in [0.29, 0.717) is 6.54 Å². The fraction of sp³-hybridized carbons (Fsp3) is 0.250. The number of furan rings is 1. The molecule has 0 aliphatic carbocycles. The van der Waals surface area contributed by atoms with Gasteiger partial charge in [-0.1, -0.05) is 12.1 Å². The average molecular weight is 522 g/mol.